The molecule has 0 aliphatic carbocycles. The molecule has 3 rings (SSSR count). The first-order chi connectivity index (χ1) is 10.0. The minimum absolute atomic E-state index is 0.144. The Kier molecular flexibility index (Phi) is 3.40. The Morgan fingerprint density at radius 2 is 1.76 bits per heavy atom. The third kappa shape index (κ3) is 3.07. The van der Waals surface area contributed by atoms with Gasteiger partial charge in [0.05, 0.1) is 5.56 Å². The quantitative estimate of drug-likeness (QED) is 0.943. The van der Waals surface area contributed by atoms with Gasteiger partial charge in [-0.1, -0.05) is 30.3 Å². The van der Waals surface area contributed by atoms with Gasteiger partial charge < -0.3 is 8.92 Å². The molecule has 0 fully saturated rings. The van der Waals surface area contributed by atoms with E-state index in [-0.39, 0.29) is 5.75 Å². The van der Waals surface area contributed by atoms with E-state index in [2.05, 4.69) is 0 Å². The monoisotopic (exact) mass is 303 g/mol. The average Bonchev–Trinajstić information content (AvgIpc) is 2.46. The van der Waals surface area contributed by atoms with E-state index in [0.717, 1.165) is 11.3 Å². The van der Waals surface area contributed by atoms with Crippen molar-refractivity contribution < 1.29 is 17.3 Å². The van der Waals surface area contributed by atoms with E-state index < -0.39 is 10.3 Å². The zero-order valence-corrected chi connectivity index (χ0v) is 11.8. The number of hydrogen-bond acceptors (Lipinski definition) is 4. The van der Waals surface area contributed by atoms with E-state index >= 15 is 0 Å². The second-order valence-electron chi connectivity index (χ2n) is 4.55. The normalized spacial score (nSPS) is 13.9. The van der Waals surface area contributed by atoms with Gasteiger partial charge in [0, 0.05) is 0 Å². The lowest BCUT2D eigenvalue weighted by molar-refractivity contribution is 0.475. The summed E-state index contributed by atoms with van der Waals surface area (Å²) >= 11 is 0. The van der Waals surface area contributed by atoms with Crippen LogP contribution in [0.15, 0.2) is 54.6 Å². The molecule has 1 aliphatic heterocycles. The van der Waals surface area contributed by atoms with Crippen molar-refractivity contribution in [2.75, 3.05) is 0 Å². The van der Waals surface area contributed by atoms with E-state index in [1.54, 1.807) is 18.2 Å². The second-order valence-corrected chi connectivity index (χ2v) is 5.71. The molecular formula is C15H13NO4S. The summed E-state index contributed by atoms with van der Waals surface area (Å²) in [5, 5.41) is 4.93. The predicted octanol–water partition coefficient (Wildman–Crippen LogP) is 2.24. The SMILES string of the molecule is NS(=O)(=O)Oc1ccccc1C1=CCc2ccccc2O1. The lowest BCUT2D eigenvalue weighted by Gasteiger charge is -2.19. The summed E-state index contributed by atoms with van der Waals surface area (Å²) in [5.41, 5.74) is 1.62. The fraction of sp³-hybridized carbons (Fsp3) is 0.0667. The fourth-order valence-corrected chi connectivity index (χ4v) is 2.56. The van der Waals surface area contributed by atoms with Crippen molar-refractivity contribution >= 4 is 16.1 Å². The number of hydrogen-bond donors (Lipinski definition) is 1. The first-order valence-electron chi connectivity index (χ1n) is 6.30. The van der Waals surface area contributed by atoms with Gasteiger partial charge in [0.25, 0.3) is 0 Å². The highest BCUT2D eigenvalue weighted by atomic mass is 32.2. The molecule has 108 valence electrons. The number of nitrogens with two attached hydrogens (primary N) is 1. The Balaban J connectivity index is 1.97. The van der Waals surface area contributed by atoms with Crippen molar-refractivity contribution in [3.63, 3.8) is 0 Å². The van der Waals surface area contributed by atoms with Gasteiger partial charge in [0.15, 0.2) is 5.75 Å². The van der Waals surface area contributed by atoms with Gasteiger partial charge in [-0.3, -0.25) is 0 Å². The second kappa shape index (κ2) is 5.23. The van der Waals surface area contributed by atoms with Crippen molar-refractivity contribution in [2.45, 2.75) is 6.42 Å². The summed E-state index contributed by atoms with van der Waals surface area (Å²) < 4.78 is 32.9. The van der Waals surface area contributed by atoms with Crippen LogP contribution in [0.5, 0.6) is 11.5 Å². The van der Waals surface area contributed by atoms with Gasteiger partial charge in [0.2, 0.25) is 0 Å². The van der Waals surface area contributed by atoms with Crippen LogP contribution in [0, 0.1) is 0 Å². The zero-order valence-electron chi connectivity index (χ0n) is 11.0. The van der Waals surface area contributed by atoms with E-state index in [0.29, 0.717) is 17.7 Å². The molecule has 2 aromatic carbocycles. The number of benzene rings is 2. The minimum atomic E-state index is -4.08. The number of ether oxygens (including phenoxy) is 1. The smallest absolute Gasteiger partial charge is 0.380 e. The van der Waals surface area contributed by atoms with Crippen molar-refractivity contribution in [3.8, 4) is 11.5 Å². The number of para-hydroxylation sites is 2. The molecule has 1 aliphatic rings. The van der Waals surface area contributed by atoms with E-state index in [1.165, 1.54) is 6.07 Å². The first kappa shape index (κ1) is 13.7. The Morgan fingerprint density at radius 1 is 1.05 bits per heavy atom. The first-order valence-corrected chi connectivity index (χ1v) is 7.77. The third-order valence-electron chi connectivity index (χ3n) is 3.06. The highest BCUT2D eigenvalue weighted by molar-refractivity contribution is 7.84. The van der Waals surface area contributed by atoms with E-state index in [9.17, 15) is 8.42 Å². The molecule has 0 amide bonds. The number of allylic oxidation sites excluding steroid dienone is 1. The van der Waals surface area contributed by atoms with Crippen LogP contribution in [0.2, 0.25) is 0 Å². The highest BCUT2D eigenvalue weighted by Crippen LogP contribution is 2.34. The Labute approximate surface area is 122 Å². The van der Waals surface area contributed by atoms with Gasteiger partial charge in [-0.25, -0.2) is 0 Å². The standard InChI is InChI=1S/C15H13NO4S/c16-21(17,18)20-15-8-4-2-6-12(15)14-10-9-11-5-1-3-7-13(11)19-14/h1-8,10H,9H2,(H2,16,17,18). The van der Waals surface area contributed by atoms with Crippen molar-refractivity contribution in [1.29, 1.82) is 0 Å². The molecule has 21 heavy (non-hydrogen) atoms. The maximum atomic E-state index is 11.1. The average molecular weight is 303 g/mol. The van der Waals surface area contributed by atoms with Crippen molar-refractivity contribution in [3.05, 3.63) is 65.7 Å². The van der Waals surface area contributed by atoms with Gasteiger partial charge in [-0.05, 0) is 36.3 Å². The van der Waals surface area contributed by atoms with Crippen LogP contribution >= 0.6 is 0 Å². The maximum Gasteiger partial charge on any atom is 0.380 e. The molecule has 0 saturated carbocycles. The fourth-order valence-electron chi connectivity index (χ4n) is 2.17. The minimum Gasteiger partial charge on any atom is -0.457 e. The molecule has 0 spiro atoms. The summed E-state index contributed by atoms with van der Waals surface area (Å²) in [5.74, 6) is 1.44. The van der Waals surface area contributed by atoms with Crippen LogP contribution in [0.25, 0.3) is 5.76 Å². The lowest BCUT2D eigenvalue weighted by Crippen LogP contribution is -2.20. The van der Waals surface area contributed by atoms with Gasteiger partial charge in [-0.15, -0.1) is 0 Å². The molecule has 0 aromatic heterocycles. The molecular weight excluding hydrogens is 290 g/mol. The molecule has 0 saturated heterocycles. The van der Waals surface area contributed by atoms with Gasteiger partial charge in [-0.2, -0.15) is 13.6 Å². The van der Waals surface area contributed by atoms with E-state index in [4.69, 9.17) is 14.1 Å². The zero-order chi connectivity index (χ0) is 14.9. The largest absolute Gasteiger partial charge is 0.457 e. The summed E-state index contributed by atoms with van der Waals surface area (Å²) in [4.78, 5) is 0. The Bertz CT molecular complexity index is 812. The topological polar surface area (TPSA) is 78.6 Å². The molecule has 2 aromatic rings. The summed E-state index contributed by atoms with van der Waals surface area (Å²) in [6, 6.07) is 14.4. The molecule has 6 heteroatoms. The van der Waals surface area contributed by atoms with Gasteiger partial charge in [0.1, 0.15) is 11.5 Å². The van der Waals surface area contributed by atoms with Gasteiger partial charge >= 0.3 is 10.3 Å². The molecule has 1 heterocycles. The lowest BCUT2D eigenvalue weighted by atomic mass is 10.0. The number of rotatable bonds is 3. The van der Waals surface area contributed by atoms with E-state index in [1.807, 2.05) is 30.3 Å². The number of fused-ring (bicyclic) bond motifs is 1. The van der Waals surface area contributed by atoms with Crippen LogP contribution in [-0.2, 0) is 16.7 Å². The third-order valence-corrected chi connectivity index (χ3v) is 3.47. The van der Waals surface area contributed by atoms with Crippen LogP contribution < -0.4 is 14.1 Å². The highest BCUT2D eigenvalue weighted by Gasteiger charge is 2.18. The molecule has 0 atom stereocenters. The summed E-state index contributed by atoms with van der Waals surface area (Å²) in [7, 11) is -4.08. The van der Waals surface area contributed by atoms with Crippen LogP contribution in [0.3, 0.4) is 0 Å². The Morgan fingerprint density at radius 3 is 2.57 bits per heavy atom. The van der Waals surface area contributed by atoms with Crippen molar-refractivity contribution in [1.82, 2.24) is 0 Å². The van der Waals surface area contributed by atoms with Crippen molar-refractivity contribution in [2.24, 2.45) is 5.14 Å². The Hall–Kier alpha value is -2.31. The molecule has 0 radical (unpaired) electrons. The molecule has 0 unspecified atom stereocenters. The summed E-state index contributed by atoms with van der Waals surface area (Å²) in [6.07, 6.45) is 2.59. The van der Waals surface area contributed by atoms with Crippen LogP contribution in [0.4, 0.5) is 0 Å². The maximum absolute atomic E-state index is 11.1. The summed E-state index contributed by atoms with van der Waals surface area (Å²) in [6.45, 7) is 0. The predicted molar refractivity (Wildman–Crippen MR) is 78.9 cm³/mol. The molecule has 5 nitrogen and oxygen atoms in total. The van der Waals surface area contributed by atoms with Crippen LogP contribution in [-0.4, -0.2) is 8.42 Å². The molecule has 2 N–H and O–H groups in total. The van der Waals surface area contributed by atoms with Crippen LogP contribution in [0.1, 0.15) is 11.1 Å². The molecule has 0 bridgehead atoms.